The van der Waals surface area contributed by atoms with Crippen molar-refractivity contribution in [1.82, 2.24) is 9.80 Å². The fourth-order valence-electron chi connectivity index (χ4n) is 3.20. The second kappa shape index (κ2) is 15.5. The predicted octanol–water partition coefficient (Wildman–Crippen LogP) is 2.03. The molecule has 8 nitrogen and oxygen atoms in total. The molecule has 0 rings (SSSR count). The molecule has 0 fully saturated rings. The number of hydrogen-bond donors (Lipinski definition) is 2. The first-order valence-electron chi connectivity index (χ1n) is 11.1. The molecule has 182 valence electrons. The molecule has 9 heteroatoms. The summed E-state index contributed by atoms with van der Waals surface area (Å²) in [7, 11) is 4.84. The maximum absolute atomic E-state index is 13.3. The minimum Gasteiger partial charge on any atom is -0.390 e. The van der Waals surface area contributed by atoms with Gasteiger partial charge < -0.3 is 25.4 Å². The second-order valence-electron chi connectivity index (χ2n) is 8.64. The number of likely N-dealkylation sites (N-methyl/N-ethyl adjacent to an activating group) is 2. The molecule has 0 bridgehead atoms. The highest BCUT2D eigenvalue weighted by molar-refractivity contribution is 7.99. The summed E-state index contributed by atoms with van der Waals surface area (Å²) < 4.78 is 5.05. The van der Waals surface area contributed by atoms with Gasteiger partial charge in [0.2, 0.25) is 17.7 Å². The van der Waals surface area contributed by atoms with E-state index in [9.17, 15) is 19.5 Å². The molecular formula is C22H43N3O5S. The van der Waals surface area contributed by atoms with Crippen molar-refractivity contribution in [2.24, 2.45) is 5.73 Å². The van der Waals surface area contributed by atoms with Crippen LogP contribution >= 0.6 is 11.8 Å². The molecule has 0 aromatic carbocycles. The van der Waals surface area contributed by atoms with Crippen molar-refractivity contribution in [3.05, 3.63) is 0 Å². The van der Waals surface area contributed by atoms with Gasteiger partial charge in [-0.2, -0.15) is 11.8 Å². The first kappa shape index (κ1) is 29.7. The molecule has 0 saturated heterocycles. The lowest BCUT2D eigenvalue weighted by Crippen LogP contribution is -2.56. The molecule has 0 unspecified atom stereocenters. The van der Waals surface area contributed by atoms with Gasteiger partial charge >= 0.3 is 0 Å². The van der Waals surface area contributed by atoms with Crippen molar-refractivity contribution in [2.45, 2.75) is 83.4 Å². The van der Waals surface area contributed by atoms with E-state index in [0.29, 0.717) is 18.6 Å². The molecule has 0 heterocycles. The Morgan fingerprint density at radius 2 is 1.68 bits per heavy atom. The average Bonchev–Trinajstić information content (AvgIpc) is 2.69. The van der Waals surface area contributed by atoms with E-state index in [1.165, 1.54) is 16.8 Å². The van der Waals surface area contributed by atoms with Crippen molar-refractivity contribution in [2.75, 3.05) is 39.3 Å². The Bertz CT molecular complexity index is 554. The zero-order chi connectivity index (χ0) is 24.0. The summed E-state index contributed by atoms with van der Waals surface area (Å²) >= 11 is 1.63. The van der Waals surface area contributed by atoms with Crippen LogP contribution in [0, 0.1) is 0 Å². The van der Waals surface area contributed by atoms with Crippen LogP contribution in [0.1, 0.15) is 65.7 Å². The quantitative estimate of drug-likeness (QED) is 0.321. The molecule has 0 aliphatic heterocycles. The van der Waals surface area contributed by atoms with Crippen LogP contribution in [0.2, 0.25) is 0 Å². The number of ether oxygens (including phenoxy) is 1. The van der Waals surface area contributed by atoms with Crippen LogP contribution in [0.3, 0.4) is 0 Å². The minimum atomic E-state index is -1.16. The molecule has 0 aromatic rings. The zero-order valence-electron chi connectivity index (χ0n) is 20.2. The number of nitrogens with two attached hydrogens (primary N) is 1. The standard InChI is InChI=1S/C22H43N3O5S/c1-7-12-19(26)24(4)18(16-31-14-11-9-8-10-13-30-6)21(28)25(5)17(20(23)27)15-22(2,3)29/h17-18,29H,7-16H2,1-6H3,(H2,23,27)/t17-,18+/m0/s1. The first-order valence-corrected chi connectivity index (χ1v) is 12.2. The van der Waals surface area contributed by atoms with Gasteiger partial charge in [0.05, 0.1) is 5.60 Å². The summed E-state index contributed by atoms with van der Waals surface area (Å²) in [5.41, 5.74) is 4.36. The first-order chi connectivity index (χ1) is 14.5. The highest BCUT2D eigenvalue weighted by atomic mass is 32.2. The van der Waals surface area contributed by atoms with Crippen molar-refractivity contribution in [1.29, 1.82) is 0 Å². The molecule has 0 spiro atoms. The Balaban J connectivity index is 5.14. The number of aliphatic hydroxyl groups is 1. The Labute approximate surface area is 192 Å². The van der Waals surface area contributed by atoms with Crippen LogP contribution in [-0.4, -0.2) is 89.6 Å². The van der Waals surface area contributed by atoms with E-state index >= 15 is 0 Å². The summed E-state index contributed by atoms with van der Waals surface area (Å²) in [5.74, 6) is 0.212. The highest BCUT2D eigenvalue weighted by Crippen LogP contribution is 2.19. The maximum atomic E-state index is 13.3. The Morgan fingerprint density at radius 1 is 1.06 bits per heavy atom. The number of nitrogens with zero attached hydrogens (tertiary/aromatic N) is 2. The number of thioether (sulfide) groups is 1. The van der Waals surface area contributed by atoms with E-state index in [-0.39, 0.29) is 18.2 Å². The number of primary amides is 1. The maximum Gasteiger partial charge on any atom is 0.246 e. The largest absolute Gasteiger partial charge is 0.390 e. The smallest absolute Gasteiger partial charge is 0.246 e. The number of hydrogen-bond acceptors (Lipinski definition) is 6. The lowest BCUT2D eigenvalue weighted by atomic mass is 9.97. The second-order valence-corrected chi connectivity index (χ2v) is 9.79. The molecule has 0 aliphatic rings. The van der Waals surface area contributed by atoms with Crippen LogP contribution in [0.25, 0.3) is 0 Å². The van der Waals surface area contributed by atoms with Crippen LogP contribution in [-0.2, 0) is 19.1 Å². The van der Waals surface area contributed by atoms with E-state index < -0.39 is 23.6 Å². The molecule has 0 saturated carbocycles. The summed E-state index contributed by atoms with van der Waals surface area (Å²) in [6.45, 7) is 5.82. The van der Waals surface area contributed by atoms with Gasteiger partial charge in [-0.15, -0.1) is 0 Å². The van der Waals surface area contributed by atoms with Gasteiger partial charge in [0, 0.05) is 46.4 Å². The number of amides is 3. The van der Waals surface area contributed by atoms with Gasteiger partial charge in [0.25, 0.3) is 0 Å². The SMILES string of the molecule is CCCC(=O)N(C)[C@H](CSCCCCCCOC)C(=O)N(C)[C@@H](CC(C)(C)O)C(N)=O. The zero-order valence-corrected chi connectivity index (χ0v) is 21.0. The topological polar surface area (TPSA) is 113 Å². The van der Waals surface area contributed by atoms with Crippen LogP contribution < -0.4 is 5.73 Å². The Kier molecular flexibility index (Phi) is 14.8. The van der Waals surface area contributed by atoms with Gasteiger partial charge in [0.15, 0.2) is 0 Å². The number of carbonyl (C=O) groups excluding carboxylic acids is 3. The highest BCUT2D eigenvalue weighted by Gasteiger charge is 2.36. The van der Waals surface area contributed by atoms with Crippen LogP contribution in [0.4, 0.5) is 0 Å². The lowest BCUT2D eigenvalue weighted by molar-refractivity contribution is -0.147. The van der Waals surface area contributed by atoms with E-state index in [2.05, 4.69) is 0 Å². The summed E-state index contributed by atoms with van der Waals surface area (Å²) in [5, 5.41) is 10.1. The van der Waals surface area contributed by atoms with E-state index in [1.54, 1.807) is 39.8 Å². The molecule has 0 aliphatic carbocycles. The third kappa shape index (κ3) is 12.3. The molecule has 0 radical (unpaired) electrons. The fourth-order valence-corrected chi connectivity index (χ4v) is 4.37. The third-order valence-electron chi connectivity index (χ3n) is 5.11. The number of unbranched alkanes of at least 4 members (excludes halogenated alkanes) is 3. The average molecular weight is 462 g/mol. The molecule has 3 N–H and O–H groups in total. The number of rotatable bonds is 17. The Morgan fingerprint density at radius 3 is 2.19 bits per heavy atom. The van der Waals surface area contributed by atoms with Crippen LogP contribution in [0.15, 0.2) is 0 Å². The van der Waals surface area contributed by atoms with Gasteiger partial charge in [-0.3, -0.25) is 14.4 Å². The third-order valence-corrected chi connectivity index (χ3v) is 6.24. The van der Waals surface area contributed by atoms with Gasteiger partial charge in [-0.1, -0.05) is 19.8 Å². The minimum absolute atomic E-state index is 0.0263. The molecular weight excluding hydrogens is 418 g/mol. The predicted molar refractivity (Wildman–Crippen MR) is 126 cm³/mol. The summed E-state index contributed by atoms with van der Waals surface area (Å²) in [4.78, 5) is 40.5. The fraction of sp³-hybridized carbons (Fsp3) is 0.864. The lowest BCUT2D eigenvalue weighted by Gasteiger charge is -2.35. The Hall–Kier alpha value is -1.32. The number of carbonyl (C=O) groups is 3. The van der Waals surface area contributed by atoms with Crippen LogP contribution in [0.5, 0.6) is 0 Å². The van der Waals surface area contributed by atoms with E-state index in [0.717, 1.165) is 38.0 Å². The molecule has 2 atom stereocenters. The number of methoxy groups -OCH3 is 1. The van der Waals surface area contributed by atoms with E-state index in [4.69, 9.17) is 10.5 Å². The normalized spacial score (nSPS) is 13.5. The van der Waals surface area contributed by atoms with Crippen molar-refractivity contribution in [3.8, 4) is 0 Å². The summed E-state index contributed by atoms with van der Waals surface area (Å²) in [6, 6.07) is -1.64. The summed E-state index contributed by atoms with van der Waals surface area (Å²) in [6.07, 6.45) is 5.34. The van der Waals surface area contributed by atoms with Gasteiger partial charge in [-0.05, 0) is 38.9 Å². The van der Waals surface area contributed by atoms with Crippen molar-refractivity contribution in [3.63, 3.8) is 0 Å². The van der Waals surface area contributed by atoms with Gasteiger partial charge in [0.1, 0.15) is 12.1 Å². The molecule has 31 heavy (non-hydrogen) atoms. The van der Waals surface area contributed by atoms with Gasteiger partial charge in [-0.25, -0.2) is 0 Å². The van der Waals surface area contributed by atoms with Crippen molar-refractivity contribution >= 4 is 29.5 Å². The van der Waals surface area contributed by atoms with Crippen molar-refractivity contribution < 1.29 is 24.2 Å². The van der Waals surface area contributed by atoms with E-state index in [1.807, 2.05) is 6.92 Å². The molecule has 3 amide bonds. The molecule has 0 aromatic heterocycles. The monoisotopic (exact) mass is 461 g/mol.